The van der Waals surface area contributed by atoms with Crippen molar-refractivity contribution in [1.29, 1.82) is 0 Å². The third-order valence-corrected chi connectivity index (χ3v) is 14.5. The van der Waals surface area contributed by atoms with Crippen molar-refractivity contribution in [2.45, 2.75) is 310 Å². The van der Waals surface area contributed by atoms with Crippen LogP contribution in [0.4, 0.5) is 0 Å². The Bertz CT molecular complexity index is 949. The summed E-state index contributed by atoms with van der Waals surface area (Å²) in [6.45, 7) is 20.9. The van der Waals surface area contributed by atoms with Crippen LogP contribution in [0.2, 0.25) is 0 Å². The molecule has 66 heavy (non-hydrogen) atoms. The number of nitrogens with zero attached hydrogens (tertiary/aromatic N) is 3. The van der Waals surface area contributed by atoms with Crippen LogP contribution in [0.5, 0.6) is 0 Å². The van der Waals surface area contributed by atoms with Gasteiger partial charge in [0.15, 0.2) is 0 Å². The zero-order valence-corrected chi connectivity index (χ0v) is 48.6. The molecule has 2 saturated carbocycles. The Labute approximate surface area is 440 Å². The smallest absolute Gasteiger partial charge is 0.110 e. The normalized spacial score (nSPS) is 15.9. The predicted molar refractivity (Wildman–Crippen MR) is 287 cm³/mol. The van der Waals surface area contributed by atoms with Gasteiger partial charge in [-0.1, -0.05) is 227 Å². The summed E-state index contributed by atoms with van der Waals surface area (Å²) in [7, 11) is 0. The van der Waals surface area contributed by atoms with Crippen LogP contribution in [0.3, 0.4) is 0 Å². The summed E-state index contributed by atoms with van der Waals surface area (Å²) in [6.07, 6.45) is 54.8. The van der Waals surface area contributed by atoms with Gasteiger partial charge in [-0.3, -0.25) is 9.80 Å². The van der Waals surface area contributed by atoms with Crippen molar-refractivity contribution in [2.75, 3.05) is 59.1 Å². The van der Waals surface area contributed by atoms with E-state index in [-0.39, 0.29) is 45.5 Å². The number of aliphatic hydroxyl groups excluding tert-OH is 2. The third kappa shape index (κ3) is 43.3. The average Bonchev–Trinajstić information content (AvgIpc) is 4.17. The van der Waals surface area contributed by atoms with Crippen molar-refractivity contribution in [2.24, 2.45) is 0 Å². The molecule has 7 heteroatoms. The summed E-state index contributed by atoms with van der Waals surface area (Å²) in [5.74, 6) is 1.30. The Kier molecular flexibility index (Phi) is 52.1. The zero-order chi connectivity index (χ0) is 47.1. The second kappa shape index (κ2) is 51.8. The van der Waals surface area contributed by atoms with Crippen LogP contribution >= 0.6 is 0 Å². The molecule has 0 spiro atoms. The molecule has 2 N–H and O–H groups in total. The van der Waals surface area contributed by atoms with Gasteiger partial charge < -0.3 is 19.8 Å². The van der Waals surface area contributed by atoms with Gasteiger partial charge in [0.25, 0.3) is 0 Å². The fraction of sp³-hybridized carbons (Fsp3) is 0.966. The van der Waals surface area contributed by atoms with E-state index in [1.54, 1.807) is 5.57 Å². The molecule has 391 valence electrons. The first-order valence-corrected chi connectivity index (χ1v) is 29.8. The molecule has 0 aromatic carbocycles. The molecule has 0 aromatic heterocycles. The summed E-state index contributed by atoms with van der Waals surface area (Å²) in [5.41, 5.74) is 1.57. The minimum atomic E-state index is -0.0990. The number of unbranched alkanes of at least 4 members (excludes halogenated alkanes) is 30. The van der Waals surface area contributed by atoms with Gasteiger partial charge >= 0.3 is 0 Å². The molecular formula is C59H119N3O3Y. The van der Waals surface area contributed by atoms with E-state index >= 15 is 0 Å². The largest absolute Gasteiger partial charge is 0.493 e. The number of rotatable bonds is 48. The molecule has 1 radical (unpaired) electrons. The minimum absolute atomic E-state index is 0. The molecule has 0 amide bonds. The molecule has 6 nitrogen and oxygen atoms in total. The van der Waals surface area contributed by atoms with Gasteiger partial charge in [-0.15, -0.1) is 0 Å². The van der Waals surface area contributed by atoms with E-state index in [9.17, 15) is 10.2 Å². The van der Waals surface area contributed by atoms with Crippen LogP contribution in [0.25, 0.3) is 0 Å². The summed E-state index contributed by atoms with van der Waals surface area (Å²) in [4.78, 5) is 7.68. The molecule has 2 rings (SSSR count). The van der Waals surface area contributed by atoms with Gasteiger partial charge in [0.2, 0.25) is 0 Å². The van der Waals surface area contributed by atoms with E-state index in [2.05, 4.69) is 49.3 Å². The second-order valence-electron chi connectivity index (χ2n) is 21.1. The minimum Gasteiger partial charge on any atom is -0.493 e. The molecule has 0 unspecified atom stereocenters. The van der Waals surface area contributed by atoms with Crippen molar-refractivity contribution >= 4 is 0 Å². The Balaban J connectivity index is 0.00000126. The van der Waals surface area contributed by atoms with E-state index in [1.807, 2.05) is 0 Å². The van der Waals surface area contributed by atoms with Gasteiger partial charge in [-0.05, 0) is 102 Å². The van der Waals surface area contributed by atoms with Crippen LogP contribution in [0.1, 0.15) is 298 Å². The van der Waals surface area contributed by atoms with Crippen LogP contribution in [-0.2, 0) is 37.4 Å². The third-order valence-electron chi connectivity index (χ3n) is 14.5. The summed E-state index contributed by atoms with van der Waals surface area (Å²) in [5, 5.41) is 19.7. The summed E-state index contributed by atoms with van der Waals surface area (Å²) < 4.78 is 6.56. The van der Waals surface area contributed by atoms with Crippen LogP contribution in [-0.4, -0.2) is 96.2 Å². The predicted octanol–water partition coefficient (Wildman–Crippen LogP) is 16.9. The van der Waals surface area contributed by atoms with E-state index < -0.39 is 0 Å². The standard InChI is InChI=1S/C30H64N2O.C29H55NO2.Y/c1-4-7-10-13-16-19-22-25-31(26-23-20-17-14-11-8-5-2)28-29-32(30-33)27-24-21-18-15-12-9-6-3;1-3-5-7-9-11-13-15-23-30(24-16-14-12-10-8-6-4-2)25-29(26-17-18-26)32-28-21-19-27(31)20-22-28;/h33H,4-30H2,1-3H3;27-28,31H,3-25H2,1-2H3;. The molecule has 0 heterocycles. The van der Waals surface area contributed by atoms with Crippen molar-refractivity contribution in [1.82, 2.24) is 14.7 Å². The number of hydrogen-bond donors (Lipinski definition) is 2. The molecule has 0 saturated heterocycles. The Hall–Kier alpha value is 0.444. The fourth-order valence-corrected chi connectivity index (χ4v) is 9.75. The van der Waals surface area contributed by atoms with Crippen molar-refractivity contribution in [3.05, 3.63) is 11.3 Å². The second-order valence-corrected chi connectivity index (χ2v) is 21.1. The van der Waals surface area contributed by atoms with Gasteiger partial charge in [0, 0.05) is 52.3 Å². The Morgan fingerprint density at radius 2 is 0.682 bits per heavy atom. The number of allylic oxidation sites excluding steroid dienone is 1. The van der Waals surface area contributed by atoms with Crippen LogP contribution in [0.15, 0.2) is 11.3 Å². The first kappa shape index (κ1) is 66.4. The van der Waals surface area contributed by atoms with Gasteiger partial charge in [-0.2, -0.15) is 0 Å². The van der Waals surface area contributed by atoms with Crippen molar-refractivity contribution < 1.29 is 47.7 Å². The molecule has 2 fully saturated rings. The summed E-state index contributed by atoms with van der Waals surface area (Å²) >= 11 is 0. The van der Waals surface area contributed by atoms with Crippen molar-refractivity contribution in [3.8, 4) is 0 Å². The SMILES string of the molecule is CCCCCCCCCN(CCCCCCCCC)CC(OC1CCC(O)CC1)=C1CC1.CCCCCCCCCN(CO)CCN(CCCCCCCCC)CCCCCCCCC.[Y]. The molecule has 0 bridgehead atoms. The maximum absolute atomic E-state index is 9.85. The Morgan fingerprint density at radius 3 is 1.00 bits per heavy atom. The Morgan fingerprint density at radius 1 is 0.394 bits per heavy atom. The number of aliphatic hydroxyl groups is 2. The van der Waals surface area contributed by atoms with E-state index in [1.165, 1.54) is 270 Å². The first-order valence-electron chi connectivity index (χ1n) is 29.8. The maximum atomic E-state index is 9.85. The van der Waals surface area contributed by atoms with Gasteiger partial charge in [-0.25, -0.2) is 0 Å². The fourth-order valence-electron chi connectivity index (χ4n) is 9.75. The molecule has 2 aliphatic rings. The molecule has 2 aliphatic carbocycles. The first-order chi connectivity index (χ1) is 32.0. The topological polar surface area (TPSA) is 59.4 Å². The summed E-state index contributed by atoms with van der Waals surface area (Å²) in [6, 6.07) is 0. The zero-order valence-electron chi connectivity index (χ0n) is 45.7. The number of hydrogen-bond acceptors (Lipinski definition) is 6. The van der Waals surface area contributed by atoms with E-state index in [0.717, 1.165) is 51.9 Å². The van der Waals surface area contributed by atoms with E-state index in [4.69, 9.17) is 4.74 Å². The van der Waals surface area contributed by atoms with Gasteiger partial charge in [0.1, 0.15) is 5.76 Å². The average molecular weight is 1010 g/mol. The van der Waals surface area contributed by atoms with E-state index in [0.29, 0.717) is 6.10 Å². The molecule has 0 aliphatic heterocycles. The maximum Gasteiger partial charge on any atom is 0.110 e. The van der Waals surface area contributed by atoms with Crippen LogP contribution in [0, 0.1) is 0 Å². The number of ether oxygens (including phenoxy) is 1. The monoisotopic (exact) mass is 1010 g/mol. The van der Waals surface area contributed by atoms with Gasteiger partial charge in [0.05, 0.1) is 25.5 Å². The van der Waals surface area contributed by atoms with Crippen LogP contribution < -0.4 is 0 Å². The molecule has 0 aromatic rings. The van der Waals surface area contributed by atoms with Crippen molar-refractivity contribution in [3.63, 3.8) is 0 Å². The molecular weight excluding hydrogens is 888 g/mol. The molecule has 0 atom stereocenters. The quantitative estimate of drug-likeness (QED) is 0.0360.